The van der Waals surface area contributed by atoms with Gasteiger partial charge in [-0.15, -0.1) is 0 Å². The van der Waals surface area contributed by atoms with Gasteiger partial charge in [0, 0.05) is 17.5 Å². The van der Waals surface area contributed by atoms with Crippen molar-refractivity contribution in [1.82, 2.24) is 0 Å². The van der Waals surface area contributed by atoms with Gasteiger partial charge in [-0.1, -0.05) is 36.4 Å². The molecule has 0 fully saturated rings. The van der Waals surface area contributed by atoms with Crippen LogP contribution in [-0.4, -0.2) is 12.5 Å². The fourth-order valence-corrected chi connectivity index (χ4v) is 2.41. The summed E-state index contributed by atoms with van der Waals surface area (Å²) in [5.74, 6) is 0.0831. The fraction of sp³-hybridized carbons (Fsp3) is 0.133. The van der Waals surface area contributed by atoms with Crippen LogP contribution >= 0.6 is 0 Å². The van der Waals surface area contributed by atoms with Crippen LogP contribution < -0.4 is 4.90 Å². The van der Waals surface area contributed by atoms with Gasteiger partial charge in [0.1, 0.15) is 0 Å². The van der Waals surface area contributed by atoms with E-state index in [1.807, 2.05) is 43.3 Å². The minimum Gasteiger partial charge on any atom is -0.304 e. The number of rotatable bonds is 2. The quantitative estimate of drug-likeness (QED) is 0.715. The normalized spacial score (nSPS) is 13.5. The van der Waals surface area contributed by atoms with E-state index in [9.17, 15) is 4.79 Å². The van der Waals surface area contributed by atoms with Gasteiger partial charge in [0.25, 0.3) is 5.91 Å². The summed E-state index contributed by atoms with van der Waals surface area (Å²) in [5, 5.41) is 2.19. The van der Waals surface area contributed by atoms with Crippen molar-refractivity contribution >= 4 is 22.4 Å². The first-order valence-corrected chi connectivity index (χ1v) is 5.66. The Morgan fingerprint density at radius 3 is 2.65 bits per heavy atom. The Hall–Kier alpha value is -2.09. The molecular weight excluding hydrogens is 210 g/mol. The molecule has 0 radical (unpaired) electrons. The Morgan fingerprint density at radius 1 is 1.24 bits per heavy atom. The summed E-state index contributed by atoms with van der Waals surface area (Å²) in [7, 11) is 0. The molecule has 17 heavy (non-hydrogen) atoms. The van der Waals surface area contributed by atoms with Crippen LogP contribution in [0.3, 0.4) is 0 Å². The number of hydrogen-bond acceptors (Lipinski definition) is 1. The molecule has 0 N–H and O–H groups in total. The van der Waals surface area contributed by atoms with E-state index in [4.69, 9.17) is 0 Å². The lowest BCUT2D eigenvalue weighted by Gasteiger charge is -2.17. The van der Waals surface area contributed by atoms with E-state index in [1.165, 1.54) is 0 Å². The molecule has 2 heteroatoms. The zero-order valence-electron chi connectivity index (χ0n) is 9.73. The second-order valence-corrected chi connectivity index (χ2v) is 4.53. The van der Waals surface area contributed by atoms with Crippen molar-refractivity contribution in [3.05, 3.63) is 54.1 Å². The van der Waals surface area contributed by atoms with E-state index in [1.54, 1.807) is 4.90 Å². The molecule has 2 aromatic rings. The van der Waals surface area contributed by atoms with E-state index < -0.39 is 0 Å². The molecule has 1 heterocycles. The van der Waals surface area contributed by atoms with E-state index in [0.29, 0.717) is 6.54 Å². The molecule has 0 spiro atoms. The predicted octanol–water partition coefficient (Wildman–Crippen LogP) is 3.38. The van der Waals surface area contributed by atoms with Crippen LogP contribution in [0.2, 0.25) is 0 Å². The fourth-order valence-electron chi connectivity index (χ4n) is 2.41. The molecule has 0 bridgehead atoms. The minimum atomic E-state index is 0.0831. The van der Waals surface area contributed by atoms with Crippen molar-refractivity contribution in [3.63, 3.8) is 0 Å². The molecule has 1 aliphatic rings. The summed E-state index contributed by atoms with van der Waals surface area (Å²) < 4.78 is 0. The Labute approximate surface area is 100 Å². The molecule has 2 nitrogen and oxygen atoms in total. The maximum Gasteiger partial charge on any atom is 0.259 e. The lowest BCUT2D eigenvalue weighted by Crippen LogP contribution is -2.28. The van der Waals surface area contributed by atoms with E-state index in [0.717, 1.165) is 27.6 Å². The van der Waals surface area contributed by atoms with Crippen molar-refractivity contribution in [1.29, 1.82) is 0 Å². The Balaban J connectivity index is 2.27. The zero-order valence-corrected chi connectivity index (χ0v) is 9.73. The summed E-state index contributed by atoms with van der Waals surface area (Å²) in [6.07, 6.45) is 0. The van der Waals surface area contributed by atoms with Gasteiger partial charge in [0.05, 0.1) is 5.69 Å². The van der Waals surface area contributed by atoms with Crippen LogP contribution in [0.4, 0.5) is 5.69 Å². The lowest BCUT2D eigenvalue weighted by molar-refractivity contribution is 0.0995. The number of amides is 1. The van der Waals surface area contributed by atoms with Crippen LogP contribution in [0.25, 0.3) is 10.8 Å². The number of anilines is 1. The highest BCUT2D eigenvalue weighted by atomic mass is 16.2. The van der Waals surface area contributed by atoms with Gasteiger partial charge in [0.15, 0.2) is 0 Å². The average Bonchev–Trinajstić information content (AvgIpc) is 2.57. The van der Waals surface area contributed by atoms with Crippen molar-refractivity contribution in [2.24, 2.45) is 0 Å². The van der Waals surface area contributed by atoms with Crippen LogP contribution in [0.15, 0.2) is 48.6 Å². The summed E-state index contributed by atoms with van der Waals surface area (Å²) in [5.41, 5.74) is 2.80. The van der Waals surface area contributed by atoms with Crippen LogP contribution in [0, 0.1) is 0 Å². The predicted molar refractivity (Wildman–Crippen MR) is 70.4 cm³/mol. The van der Waals surface area contributed by atoms with Gasteiger partial charge in [-0.2, -0.15) is 0 Å². The van der Waals surface area contributed by atoms with Crippen LogP contribution in [0.1, 0.15) is 17.3 Å². The smallest absolute Gasteiger partial charge is 0.259 e. The summed E-state index contributed by atoms with van der Waals surface area (Å²) in [6, 6.07) is 11.9. The first-order chi connectivity index (χ1) is 8.18. The number of benzene rings is 2. The van der Waals surface area contributed by atoms with Crippen molar-refractivity contribution in [2.75, 3.05) is 11.4 Å². The largest absolute Gasteiger partial charge is 0.304 e. The van der Waals surface area contributed by atoms with Crippen molar-refractivity contribution in [2.45, 2.75) is 6.92 Å². The minimum absolute atomic E-state index is 0.0831. The van der Waals surface area contributed by atoms with E-state index in [-0.39, 0.29) is 5.91 Å². The van der Waals surface area contributed by atoms with Gasteiger partial charge in [-0.05, 0) is 24.4 Å². The SMILES string of the molecule is C=C(C)CN1C(=O)c2cccc3cccc1c23. The molecule has 0 atom stereocenters. The van der Waals surface area contributed by atoms with E-state index in [2.05, 4.69) is 6.58 Å². The molecule has 0 saturated carbocycles. The summed E-state index contributed by atoms with van der Waals surface area (Å²) in [6.45, 7) is 6.42. The maximum atomic E-state index is 12.3. The molecule has 1 aliphatic heterocycles. The average molecular weight is 223 g/mol. The molecule has 1 amide bonds. The van der Waals surface area contributed by atoms with Crippen molar-refractivity contribution in [3.8, 4) is 0 Å². The molecule has 0 aliphatic carbocycles. The Morgan fingerprint density at radius 2 is 1.94 bits per heavy atom. The maximum absolute atomic E-state index is 12.3. The Bertz CT molecular complexity index is 637. The number of carbonyl (C=O) groups is 1. The third-order valence-electron chi connectivity index (χ3n) is 3.08. The highest BCUT2D eigenvalue weighted by Gasteiger charge is 2.28. The van der Waals surface area contributed by atoms with Gasteiger partial charge in [-0.25, -0.2) is 0 Å². The second kappa shape index (κ2) is 3.45. The highest BCUT2D eigenvalue weighted by molar-refractivity contribution is 6.25. The van der Waals surface area contributed by atoms with Crippen LogP contribution in [0.5, 0.6) is 0 Å². The first kappa shape index (κ1) is 10.1. The molecule has 3 rings (SSSR count). The first-order valence-electron chi connectivity index (χ1n) is 5.66. The molecule has 0 aromatic heterocycles. The van der Waals surface area contributed by atoms with Gasteiger partial charge < -0.3 is 4.90 Å². The van der Waals surface area contributed by atoms with Gasteiger partial charge >= 0.3 is 0 Å². The molecule has 0 saturated heterocycles. The lowest BCUT2D eigenvalue weighted by atomic mass is 10.1. The molecule has 84 valence electrons. The number of carbonyl (C=O) groups excluding carboxylic acids is 1. The van der Waals surface area contributed by atoms with E-state index >= 15 is 0 Å². The van der Waals surface area contributed by atoms with Crippen molar-refractivity contribution < 1.29 is 4.79 Å². The third-order valence-corrected chi connectivity index (χ3v) is 3.08. The molecule has 2 aromatic carbocycles. The molecule has 0 unspecified atom stereocenters. The van der Waals surface area contributed by atoms with Gasteiger partial charge in [-0.3, -0.25) is 4.79 Å². The zero-order chi connectivity index (χ0) is 12.0. The highest BCUT2D eigenvalue weighted by Crippen LogP contribution is 2.37. The number of hydrogen-bond donors (Lipinski definition) is 0. The van der Waals surface area contributed by atoms with Gasteiger partial charge in [0.2, 0.25) is 0 Å². The summed E-state index contributed by atoms with van der Waals surface area (Å²) >= 11 is 0. The molecular formula is C15H13NO. The Kier molecular flexibility index (Phi) is 2.05. The second-order valence-electron chi connectivity index (χ2n) is 4.53. The topological polar surface area (TPSA) is 20.3 Å². The van der Waals surface area contributed by atoms with Crippen LogP contribution in [-0.2, 0) is 0 Å². The summed E-state index contributed by atoms with van der Waals surface area (Å²) in [4.78, 5) is 14.1. The third kappa shape index (κ3) is 1.37. The monoisotopic (exact) mass is 223 g/mol. The standard InChI is InChI=1S/C15H13NO/c1-10(2)9-16-13-8-4-6-11-5-3-7-12(14(11)13)15(16)17/h3-8H,1,9H2,2H3. The number of nitrogens with zero attached hydrogens (tertiary/aromatic N) is 1.